The summed E-state index contributed by atoms with van der Waals surface area (Å²) in [7, 11) is 0. The molecule has 1 amide bonds. The second-order valence-electron chi connectivity index (χ2n) is 5.81. The molecule has 0 aliphatic carbocycles. The third-order valence-electron chi connectivity index (χ3n) is 3.08. The lowest BCUT2D eigenvalue weighted by atomic mass is 10.00. The molecule has 0 saturated carbocycles. The Kier molecular flexibility index (Phi) is 3.99. The van der Waals surface area contributed by atoms with E-state index < -0.39 is 5.60 Å². The van der Waals surface area contributed by atoms with E-state index in [0.29, 0.717) is 18.1 Å². The van der Waals surface area contributed by atoms with Crippen molar-refractivity contribution in [1.82, 2.24) is 9.88 Å². The molecule has 1 aromatic rings. The first kappa shape index (κ1) is 14.1. The summed E-state index contributed by atoms with van der Waals surface area (Å²) in [6.07, 6.45) is 4.04. The number of halogens is 1. The first-order chi connectivity index (χ1) is 8.87. The van der Waals surface area contributed by atoms with Crippen LogP contribution in [0.1, 0.15) is 38.7 Å². The number of hydrogen-bond acceptors (Lipinski definition) is 3. The molecular weight excluding hydrogens is 264 g/mol. The van der Waals surface area contributed by atoms with Gasteiger partial charge in [0, 0.05) is 31.4 Å². The zero-order valence-corrected chi connectivity index (χ0v) is 12.3. The van der Waals surface area contributed by atoms with E-state index in [1.807, 2.05) is 26.8 Å². The van der Waals surface area contributed by atoms with Crippen LogP contribution in [0.15, 0.2) is 18.5 Å². The molecule has 0 bridgehead atoms. The Bertz CT molecular complexity index is 471. The molecule has 1 atom stereocenters. The first-order valence-corrected chi connectivity index (χ1v) is 6.82. The van der Waals surface area contributed by atoms with Gasteiger partial charge in [-0.05, 0) is 38.8 Å². The number of ether oxygens (including phenoxy) is 1. The van der Waals surface area contributed by atoms with E-state index in [0.717, 1.165) is 12.0 Å². The average molecular weight is 283 g/mol. The van der Waals surface area contributed by atoms with Crippen molar-refractivity contribution in [3.05, 3.63) is 29.0 Å². The van der Waals surface area contributed by atoms with Gasteiger partial charge >= 0.3 is 6.09 Å². The Labute approximate surface area is 118 Å². The van der Waals surface area contributed by atoms with Gasteiger partial charge in [0.2, 0.25) is 0 Å². The molecule has 0 spiro atoms. The summed E-state index contributed by atoms with van der Waals surface area (Å²) in [6, 6.07) is 1.92. The fourth-order valence-electron chi connectivity index (χ4n) is 2.22. The molecule has 1 fully saturated rings. The van der Waals surface area contributed by atoms with Crippen molar-refractivity contribution in [3.63, 3.8) is 0 Å². The lowest BCUT2D eigenvalue weighted by Gasteiger charge is -2.24. The van der Waals surface area contributed by atoms with E-state index >= 15 is 0 Å². The predicted molar refractivity (Wildman–Crippen MR) is 74.4 cm³/mol. The fraction of sp³-hybridized carbons (Fsp3) is 0.571. The Hall–Kier alpha value is -1.29. The van der Waals surface area contributed by atoms with Crippen LogP contribution in [0.2, 0.25) is 5.02 Å². The molecule has 0 radical (unpaired) electrons. The molecule has 5 heteroatoms. The van der Waals surface area contributed by atoms with Crippen LogP contribution in [0, 0.1) is 0 Å². The summed E-state index contributed by atoms with van der Waals surface area (Å²) in [5, 5.41) is 0.665. The summed E-state index contributed by atoms with van der Waals surface area (Å²) < 4.78 is 5.38. The molecule has 104 valence electrons. The highest BCUT2D eigenvalue weighted by Crippen LogP contribution is 2.32. The molecule has 1 saturated heterocycles. The second kappa shape index (κ2) is 5.37. The SMILES string of the molecule is CC(C)(C)OC(=O)N1CCC(c2ccncc2Cl)C1. The van der Waals surface area contributed by atoms with Crippen molar-refractivity contribution < 1.29 is 9.53 Å². The normalized spacial score (nSPS) is 19.6. The van der Waals surface area contributed by atoms with E-state index in [9.17, 15) is 4.79 Å². The van der Waals surface area contributed by atoms with Crippen LogP contribution in [0.3, 0.4) is 0 Å². The molecule has 1 unspecified atom stereocenters. The molecule has 1 aromatic heterocycles. The van der Waals surface area contributed by atoms with Gasteiger partial charge in [0.1, 0.15) is 5.60 Å². The molecule has 4 nitrogen and oxygen atoms in total. The minimum absolute atomic E-state index is 0.250. The van der Waals surface area contributed by atoms with Crippen LogP contribution in [0.5, 0.6) is 0 Å². The van der Waals surface area contributed by atoms with Gasteiger partial charge in [0.15, 0.2) is 0 Å². The smallest absolute Gasteiger partial charge is 0.410 e. The maximum absolute atomic E-state index is 12.0. The lowest BCUT2D eigenvalue weighted by Crippen LogP contribution is -2.35. The van der Waals surface area contributed by atoms with Crippen molar-refractivity contribution in [2.75, 3.05) is 13.1 Å². The minimum atomic E-state index is -0.455. The molecule has 1 aliphatic rings. The van der Waals surface area contributed by atoms with Crippen LogP contribution in [-0.4, -0.2) is 34.7 Å². The topological polar surface area (TPSA) is 42.4 Å². The Morgan fingerprint density at radius 2 is 2.26 bits per heavy atom. The zero-order chi connectivity index (χ0) is 14.0. The van der Waals surface area contributed by atoms with Crippen LogP contribution in [0.25, 0.3) is 0 Å². The van der Waals surface area contributed by atoms with Gasteiger partial charge in [0.05, 0.1) is 5.02 Å². The molecule has 2 rings (SSSR count). The zero-order valence-electron chi connectivity index (χ0n) is 11.5. The number of aromatic nitrogens is 1. The van der Waals surface area contributed by atoms with Crippen LogP contribution in [0.4, 0.5) is 4.79 Å². The highest BCUT2D eigenvalue weighted by Gasteiger charge is 2.31. The second-order valence-corrected chi connectivity index (χ2v) is 6.22. The van der Waals surface area contributed by atoms with Gasteiger partial charge in [-0.15, -0.1) is 0 Å². The number of hydrogen-bond donors (Lipinski definition) is 0. The first-order valence-electron chi connectivity index (χ1n) is 6.44. The third-order valence-corrected chi connectivity index (χ3v) is 3.40. The van der Waals surface area contributed by atoms with Crippen molar-refractivity contribution in [2.24, 2.45) is 0 Å². The fourth-order valence-corrected chi connectivity index (χ4v) is 2.50. The van der Waals surface area contributed by atoms with Crippen molar-refractivity contribution in [2.45, 2.75) is 38.7 Å². The van der Waals surface area contributed by atoms with E-state index in [1.165, 1.54) is 0 Å². The summed E-state index contributed by atoms with van der Waals surface area (Å²) in [4.78, 5) is 17.7. The number of rotatable bonds is 1. The maximum atomic E-state index is 12.0. The van der Waals surface area contributed by atoms with Gasteiger partial charge in [-0.1, -0.05) is 11.6 Å². The van der Waals surface area contributed by atoms with Crippen LogP contribution in [-0.2, 0) is 4.74 Å². The van der Waals surface area contributed by atoms with Crippen molar-refractivity contribution in [1.29, 1.82) is 0 Å². The summed E-state index contributed by atoms with van der Waals surface area (Å²) >= 11 is 6.14. The van der Waals surface area contributed by atoms with Crippen molar-refractivity contribution >= 4 is 17.7 Å². The highest BCUT2D eigenvalue weighted by molar-refractivity contribution is 6.31. The standard InChI is InChI=1S/C14H19ClN2O2/c1-14(2,3)19-13(18)17-7-5-10(9-17)11-4-6-16-8-12(11)15/h4,6,8,10H,5,7,9H2,1-3H3. The van der Waals surface area contributed by atoms with E-state index in [2.05, 4.69) is 4.98 Å². The Morgan fingerprint density at radius 3 is 2.89 bits per heavy atom. The molecule has 1 aliphatic heterocycles. The number of carbonyl (C=O) groups excluding carboxylic acids is 1. The van der Waals surface area contributed by atoms with E-state index in [1.54, 1.807) is 17.3 Å². The van der Waals surface area contributed by atoms with Gasteiger partial charge in [-0.2, -0.15) is 0 Å². The van der Waals surface area contributed by atoms with Gasteiger partial charge in [-0.3, -0.25) is 4.98 Å². The summed E-state index contributed by atoms with van der Waals surface area (Å²) in [5.74, 6) is 0.267. The monoisotopic (exact) mass is 282 g/mol. The summed E-state index contributed by atoms with van der Waals surface area (Å²) in [5.41, 5.74) is 0.603. The number of likely N-dealkylation sites (tertiary alicyclic amines) is 1. The molecular formula is C14H19ClN2O2. The minimum Gasteiger partial charge on any atom is -0.444 e. The van der Waals surface area contributed by atoms with Crippen LogP contribution >= 0.6 is 11.6 Å². The number of pyridine rings is 1. The highest BCUT2D eigenvalue weighted by atomic mass is 35.5. The van der Waals surface area contributed by atoms with E-state index in [4.69, 9.17) is 16.3 Å². The quantitative estimate of drug-likeness (QED) is 0.792. The Morgan fingerprint density at radius 1 is 1.53 bits per heavy atom. The van der Waals surface area contributed by atoms with Gasteiger partial charge in [0.25, 0.3) is 0 Å². The van der Waals surface area contributed by atoms with Gasteiger partial charge < -0.3 is 9.64 Å². The van der Waals surface area contributed by atoms with E-state index in [-0.39, 0.29) is 12.0 Å². The lowest BCUT2D eigenvalue weighted by molar-refractivity contribution is 0.0292. The molecule has 0 aromatic carbocycles. The summed E-state index contributed by atoms with van der Waals surface area (Å²) in [6.45, 7) is 6.98. The van der Waals surface area contributed by atoms with Gasteiger partial charge in [-0.25, -0.2) is 4.79 Å². The largest absolute Gasteiger partial charge is 0.444 e. The number of carbonyl (C=O) groups is 1. The van der Waals surface area contributed by atoms with Crippen molar-refractivity contribution in [3.8, 4) is 0 Å². The maximum Gasteiger partial charge on any atom is 0.410 e. The molecule has 0 N–H and O–H groups in total. The molecule has 2 heterocycles. The Balaban J connectivity index is 2.01. The number of amides is 1. The average Bonchev–Trinajstić information content (AvgIpc) is 2.76. The number of nitrogens with zero attached hydrogens (tertiary/aromatic N) is 2. The predicted octanol–water partition coefficient (Wildman–Crippen LogP) is 3.46. The third kappa shape index (κ3) is 3.60. The molecule has 19 heavy (non-hydrogen) atoms. The van der Waals surface area contributed by atoms with Crippen LogP contribution < -0.4 is 0 Å².